The van der Waals surface area contributed by atoms with Gasteiger partial charge in [-0.25, -0.2) is 0 Å². The molecule has 0 aliphatic carbocycles. The Labute approximate surface area is 143 Å². The van der Waals surface area contributed by atoms with E-state index in [4.69, 9.17) is 0 Å². The molecule has 0 amide bonds. The van der Waals surface area contributed by atoms with Crippen LogP contribution in [0.3, 0.4) is 0 Å². The number of unbranched alkanes of at least 4 members (excludes halogenated alkanes) is 2. The lowest BCUT2D eigenvalue weighted by Crippen LogP contribution is -1.98. The highest BCUT2D eigenvalue weighted by Crippen LogP contribution is 2.44. The van der Waals surface area contributed by atoms with Gasteiger partial charge in [0.25, 0.3) is 0 Å². The van der Waals surface area contributed by atoms with E-state index in [0.717, 1.165) is 24.8 Å². The van der Waals surface area contributed by atoms with Crippen molar-refractivity contribution in [3.8, 4) is 0 Å². The molecule has 0 aliphatic rings. The summed E-state index contributed by atoms with van der Waals surface area (Å²) in [6.45, 7) is 2.17. The van der Waals surface area contributed by atoms with Gasteiger partial charge in [-0.3, -0.25) is 4.79 Å². The zero-order valence-electron chi connectivity index (χ0n) is 13.1. The van der Waals surface area contributed by atoms with Crippen LogP contribution in [-0.4, -0.2) is 5.78 Å². The largest absolute Gasteiger partial charge is 0.294 e. The van der Waals surface area contributed by atoms with E-state index in [1.807, 2.05) is 28.7 Å². The van der Waals surface area contributed by atoms with Gasteiger partial charge in [-0.15, -0.1) is 22.7 Å². The molecule has 2 heterocycles. The number of hydrogen-bond acceptors (Lipinski definition) is 3. The fourth-order valence-corrected chi connectivity index (χ4v) is 5.75. The quantitative estimate of drug-likeness (QED) is 0.282. The topological polar surface area (TPSA) is 17.1 Å². The Morgan fingerprint density at radius 1 is 0.913 bits per heavy atom. The highest BCUT2D eigenvalue weighted by molar-refractivity contribution is 7.36. The normalized spacial score (nSPS) is 11.7. The van der Waals surface area contributed by atoms with E-state index < -0.39 is 0 Å². The van der Waals surface area contributed by atoms with Crippen molar-refractivity contribution in [3.63, 3.8) is 0 Å². The van der Waals surface area contributed by atoms with Crippen molar-refractivity contribution >= 4 is 58.0 Å². The predicted molar refractivity (Wildman–Crippen MR) is 103 cm³/mol. The molecule has 2 aromatic heterocycles. The Hall–Kier alpha value is -1.71. The van der Waals surface area contributed by atoms with Crippen molar-refractivity contribution in [1.82, 2.24) is 0 Å². The summed E-state index contributed by atoms with van der Waals surface area (Å²) in [6.07, 6.45) is 3.95. The third-order valence-electron chi connectivity index (χ3n) is 4.32. The number of thiophene rings is 2. The molecular weight excluding hydrogens is 320 g/mol. The summed E-state index contributed by atoms with van der Waals surface area (Å²) in [5.41, 5.74) is 0.867. The minimum Gasteiger partial charge on any atom is -0.294 e. The Kier molecular flexibility index (Phi) is 3.92. The lowest BCUT2D eigenvalue weighted by atomic mass is 10.0. The van der Waals surface area contributed by atoms with Gasteiger partial charge in [0.05, 0.1) is 9.40 Å². The third-order valence-corrected chi connectivity index (χ3v) is 6.84. The summed E-state index contributed by atoms with van der Waals surface area (Å²) >= 11 is 3.67. The summed E-state index contributed by atoms with van der Waals surface area (Å²) in [4.78, 5) is 12.3. The molecule has 0 aliphatic heterocycles. The van der Waals surface area contributed by atoms with Crippen LogP contribution < -0.4 is 0 Å². The fraction of sp³-hybridized carbons (Fsp3) is 0.250. The molecule has 116 valence electrons. The van der Waals surface area contributed by atoms with Gasteiger partial charge < -0.3 is 0 Å². The van der Waals surface area contributed by atoms with Crippen molar-refractivity contribution in [2.45, 2.75) is 32.6 Å². The monoisotopic (exact) mass is 338 g/mol. The Balaban J connectivity index is 1.77. The molecule has 0 saturated heterocycles. The van der Waals surface area contributed by atoms with Gasteiger partial charge >= 0.3 is 0 Å². The molecule has 0 fully saturated rings. The average molecular weight is 338 g/mol. The second kappa shape index (κ2) is 6.06. The molecule has 1 nitrogen and oxygen atoms in total. The van der Waals surface area contributed by atoms with E-state index in [-0.39, 0.29) is 5.78 Å². The molecule has 2 aromatic carbocycles. The van der Waals surface area contributed by atoms with E-state index in [1.54, 1.807) is 0 Å². The molecule has 0 spiro atoms. The van der Waals surface area contributed by atoms with Crippen molar-refractivity contribution in [2.75, 3.05) is 0 Å². The number of hydrogen-bond donors (Lipinski definition) is 0. The maximum Gasteiger partial charge on any atom is 0.162 e. The van der Waals surface area contributed by atoms with Crippen LogP contribution >= 0.6 is 22.7 Å². The number of carbonyl (C=O) groups excluding carboxylic acids is 1. The number of rotatable bonds is 5. The highest BCUT2D eigenvalue weighted by Gasteiger charge is 2.13. The Bertz CT molecular complexity index is 1010. The van der Waals surface area contributed by atoms with Crippen molar-refractivity contribution in [3.05, 3.63) is 48.0 Å². The van der Waals surface area contributed by atoms with Crippen LogP contribution in [0.2, 0.25) is 0 Å². The minimum atomic E-state index is 0.280. The van der Waals surface area contributed by atoms with Gasteiger partial charge in [-0.05, 0) is 18.6 Å². The summed E-state index contributed by atoms with van der Waals surface area (Å²) in [5, 5.41) is 2.63. The third kappa shape index (κ3) is 2.58. The number of benzene rings is 2. The van der Waals surface area contributed by atoms with E-state index in [0.29, 0.717) is 6.42 Å². The van der Waals surface area contributed by atoms with Crippen LogP contribution in [0.1, 0.15) is 43.0 Å². The zero-order chi connectivity index (χ0) is 15.8. The molecule has 0 bridgehead atoms. The first-order valence-corrected chi connectivity index (χ1v) is 9.78. The fourth-order valence-electron chi connectivity index (χ4n) is 3.06. The first kappa shape index (κ1) is 14.9. The van der Waals surface area contributed by atoms with E-state index in [9.17, 15) is 4.79 Å². The van der Waals surface area contributed by atoms with Crippen LogP contribution in [0, 0.1) is 0 Å². The van der Waals surface area contributed by atoms with Gasteiger partial charge in [0.2, 0.25) is 0 Å². The smallest absolute Gasteiger partial charge is 0.162 e. The predicted octanol–water partition coefficient (Wildman–Crippen LogP) is 7.03. The molecule has 0 atom stereocenters. The maximum atomic E-state index is 12.3. The average Bonchev–Trinajstić information content (AvgIpc) is 3.10. The Morgan fingerprint density at radius 3 is 2.48 bits per heavy atom. The van der Waals surface area contributed by atoms with Gasteiger partial charge in [0.15, 0.2) is 5.78 Å². The van der Waals surface area contributed by atoms with Gasteiger partial charge in [0, 0.05) is 32.2 Å². The van der Waals surface area contributed by atoms with Gasteiger partial charge in [-0.1, -0.05) is 50.1 Å². The summed E-state index contributed by atoms with van der Waals surface area (Å²) in [6, 6.07) is 14.8. The van der Waals surface area contributed by atoms with Gasteiger partial charge in [-0.2, -0.15) is 0 Å². The van der Waals surface area contributed by atoms with Crippen molar-refractivity contribution in [1.29, 1.82) is 0 Å². The van der Waals surface area contributed by atoms with Crippen LogP contribution in [0.4, 0.5) is 0 Å². The molecular formula is C20H18OS2. The summed E-state index contributed by atoms with van der Waals surface area (Å²) in [7, 11) is 0. The number of Topliss-reactive ketones (excluding diaryl/α,β-unsaturated/α-hetero) is 1. The van der Waals surface area contributed by atoms with Gasteiger partial charge in [0.1, 0.15) is 0 Å². The van der Waals surface area contributed by atoms with E-state index in [1.165, 1.54) is 29.6 Å². The Morgan fingerprint density at radius 2 is 1.65 bits per heavy atom. The minimum absolute atomic E-state index is 0.280. The van der Waals surface area contributed by atoms with Crippen LogP contribution in [-0.2, 0) is 0 Å². The standard InChI is InChI=1S/C20H18OS2/c1-2-3-4-8-16(21)13-10-11-15-18(12-13)23-19-14-7-5-6-9-17(14)22-20(15)19/h5-7,9-12H,2-4,8H2,1H3. The molecule has 4 aromatic rings. The lowest BCUT2D eigenvalue weighted by Gasteiger charge is -2.01. The van der Waals surface area contributed by atoms with E-state index >= 15 is 0 Å². The van der Waals surface area contributed by atoms with E-state index in [2.05, 4.69) is 43.3 Å². The first-order valence-electron chi connectivity index (χ1n) is 8.15. The molecule has 3 heteroatoms. The first-order chi connectivity index (χ1) is 11.3. The number of ketones is 1. The highest BCUT2D eigenvalue weighted by atomic mass is 32.1. The molecule has 0 radical (unpaired) electrons. The van der Waals surface area contributed by atoms with Crippen molar-refractivity contribution < 1.29 is 4.79 Å². The number of fused-ring (bicyclic) bond motifs is 5. The molecule has 0 unspecified atom stereocenters. The second-order valence-corrected chi connectivity index (χ2v) is 8.05. The summed E-state index contributed by atoms with van der Waals surface area (Å²) in [5.74, 6) is 0.280. The molecule has 23 heavy (non-hydrogen) atoms. The van der Waals surface area contributed by atoms with Crippen LogP contribution in [0.5, 0.6) is 0 Å². The zero-order valence-corrected chi connectivity index (χ0v) is 14.7. The summed E-state index contributed by atoms with van der Waals surface area (Å²) < 4.78 is 5.29. The maximum absolute atomic E-state index is 12.3. The van der Waals surface area contributed by atoms with Crippen LogP contribution in [0.15, 0.2) is 42.5 Å². The molecule has 4 rings (SSSR count). The SMILES string of the molecule is CCCCCC(=O)c1ccc2c(c1)sc1c3ccccc3sc21. The van der Waals surface area contributed by atoms with Crippen LogP contribution in [0.25, 0.3) is 29.6 Å². The lowest BCUT2D eigenvalue weighted by molar-refractivity contribution is 0.0979. The molecule has 0 saturated carbocycles. The second-order valence-electron chi connectivity index (χ2n) is 5.95. The molecule has 0 N–H and O–H groups in total. The van der Waals surface area contributed by atoms with Crippen molar-refractivity contribution in [2.24, 2.45) is 0 Å². The number of carbonyl (C=O) groups is 1.